The predicted octanol–water partition coefficient (Wildman–Crippen LogP) is -0.318. The van der Waals surface area contributed by atoms with Crippen LogP contribution in [0.2, 0.25) is 0 Å². The lowest BCUT2D eigenvalue weighted by molar-refractivity contribution is -0.144. The molecule has 0 saturated carbocycles. The number of esters is 1. The van der Waals surface area contributed by atoms with Crippen molar-refractivity contribution in [2.75, 3.05) is 26.9 Å². The lowest BCUT2D eigenvalue weighted by atomic mass is 10.1. The summed E-state index contributed by atoms with van der Waals surface area (Å²) in [5.74, 6) is -0.433. The Kier molecular flexibility index (Phi) is 4.86. The molecule has 0 aromatic rings. The summed E-state index contributed by atoms with van der Waals surface area (Å²) in [5, 5.41) is 0. The Labute approximate surface area is 83.5 Å². The fourth-order valence-corrected chi connectivity index (χ4v) is 1.30. The van der Waals surface area contributed by atoms with E-state index >= 15 is 0 Å². The van der Waals surface area contributed by atoms with Gasteiger partial charge in [-0.1, -0.05) is 0 Å². The number of nitrogens with two attached hydrogens (primary N) is 1. The third-order valence-electron chi connectivity index (χ3n) is 2.18. The maximum absolute atomic E-state index is 10.9. The molecule has 1 aliphatic rings. The van der Waals surface area contributed by atoms with Gasteiger partial charge in [-0.05, 0) is 12.8 Å². The average Bonchev–Trinajstić information content (AvgIpc) is 2.26. The standard InChI is InChI=1S/C9H17NO4/c1-12-9(11)8(10)6-14-7-2-4-13-5-3-7/h7-8H,2-6,10H2,1H3. The Hall–Kier alpha value is -0.650. The van der Waals surface area contributed by atoms with E-state index in [-0.39, 0.29) is 12.7 Å². The molecule has 1 saturated heterocycles. The molecular formula is C9H17NO4. The van der Waals surface area contributed by atoms with Crippen LogP contribution in [0.3, 0.4) is 0 Å². The van der Waals surface area contributed by atoms with Crippen LogP contribution >= 0.6 is 0 Å². The van der Waals surface area contributed by atoms with Crippen molar-refractivity contribution in [3.8, 4) is 0 Å². The lowest BCUT2D eigenvalue weighted by Crippen LogP contribution is -2.38. The van der Waals surface area contributed by atoms with E-state index in [1.807, 2.05) is 0 Å². The van der Waals surface area contributed by atoms with Gasteiger partial charge < -0.3 is 19.9 Å². The van der Waals surface area contributed by atoms with Crippen LogP contribution < -0.4 is 5.73 Å². The molecule has 0 amide bonds. The van der Waals surface area contributed by atoms with Crippen molar-refractivity contribution in [2.24, 2.45) is 5.73 Å². The van der Waals surface area contributed by atoms with E-state index in [9.17, 15) is 4.79 Å². The molecule has 1 unspecified atom stereocenters. The summed E-state index contributed by atoms with van der Waals surface area (Å²) in [7, 11) is 1.32. The molecule has 0 spiro atoms. The number of hydrogen-bond donors (Lipinski definition) is 1. The summed E-state index contributed by atoms with van der Waals surface area (Å²) >= 11 is 0. The van der Waals surface area contributed by atoms with Gasteiger partial charge in [0, 0.05) is 13.2 Å². The normalized spacial score (nSPS) is 20.4. The molecule has 1 aliphatic heterocycles. The van der Waals surface area contributed by atoms with E-state index in [0.717, 1.165) is 26.1 Å². The quantitative estimate of drug-likeness (QED) is 0.634. The summed E-state index contributed by atoms with van der Waals surface area (Å²) in [5.41, 5.74) is 5.51. The minimum atomic E-state index is -0.678. The van der Waals surface area contributed by atoms with Crippen LogP contribution in [-0.2, 0) is 19.0 Å². The van der Waals surface area contributed by atoms with Gasteiger partial charge in [0.05, 0.1) is 19.8 Å². The van der Waals surface area contributed by atoms with E-state index in [2.05, 4.69) is 4.74 Å². The monoisotopic (exact) mass is 203 g/mol. The van der Waals surface area contributed by atoms with Gasteiger partial charge in [-0.25, -0.2) is 0 Å². The van der Waals surface area contributed by atoms with Gasteiger partial charge >= 0.3 is 5.97 Å². The van der Waals surface area contributed by atoms with Gasteiger partial charge in [0.2, 0.25) is 0 Å². The van der Waals surface area contributed by atoms with Gasteiger partial charge in [-0.3, -0.25) is 4.79 Å². The lowest BCUT2D eigenvalue weighted by Gasteiger charge is -2.23. The van der Waals surface area contributed by atoms with Gasteiger partial charge in [-0.15, -0.1) is 0 Å². The molecule has 1 heterocycles. The second kappa shape index (κ2) is 5.95. The van der Waals surface area contributed by atoms with Crippen LogP contribution in [0.4, 0.5) is 0 Å². The highest BCUT2D eigenvalue weighted by atomic mass is 16.5. The Morgan fingerprint density at radius 3 is 2.79 bits per heavy atom. The molecular weight excluding hydrogens is 186 g/mol. The highest BCUT2D eigenvalue weighted by molar-refractivity contribution is 5.75. The first-order chi connectivity index (χ1) is 6.74. The molecule has 5 heteroatoms. The molecule has 0 radical (unpaired) electrons. The molecule has 0 bridgehead atoms. The Morgan fingerprint density at radius 1 is 1.57 bits per heavy atom. The molecule has 14 heavy (non-hydrogen) atoms. The van der Waals surface area contributed by atoms with Gasteiger partial charge in [-0.2, -0.15) is 0 Å². The van der Waals surface area contributed by atoms with Crippen molar-refractivity contribution in [3.63, 3.8) is 0 Å². The molecule has 0 aromatic heterocycles. The second-order valence-corrected chi connectivity index (χ2v) is 3.27. The van der Waals surface area contributed by atoms with Crippen molar-refractivity contribution in [1.82, 2.24) is 0 Å². The number of ether oxygens (including phenoxy) is 3. The van der Waals surface area contributed by atoms with Gasteiger partial charge in [0.15, 0.2) is 0 Å². The zero-order chi connectivity index (χ0) is 10.4. The van der Waals surface area contributed by atoms with Crippen LogP contribution in [0.25, 0.3) is 0 Å². The summed E-state index contributed by atoms with van der Waals surface area (Å²) in [4.78, 5) is 10.9. The van der Waals surface area contributed by atoms with Crippen LogP contribution in [0.5, 0.6) is 0 Å². The smallest absolute Gasteiger partial charge is 0.325 e. The zero-order valence-electron chi connectivity index (χ0n) is 8.40. The number of rotatable bonds is 4. The minimum absolute atomic E-state index is 0.166. The van der Waals surface area contributed by atoms with Gasteiger partial charge in [0.25, 0.3) is 0 Å². The van der Waals surface area contributed by atoms with E-state index in [1.165, 1.54) is 7.11 Å². The number of carbonyl (C=O) groups is 1. The third kappa shape index (κ3) is 3.61. The third-order valence-corrected chi connectivity index (χ3v) is 2.18. The van der Waals surface area contributed by atoms with Crippen LogP contribution in [0, 0.1) is 0 Å². The maximum atomic E-state index is 10.9. The maximum Gasteiger partial charge on any atom is 0.325 e. The largest absolute Gasteiger partial charge is 0.468 e. The van der Waals surface area contributed by atoms with Crippen molar-refractivity contribution in [1.29, 1.82) is 0 Å². The molecule has 82 valence electrons. The molecule has 0 aliphatic carbocycles. The van der Waals surface area contributed by atoms with Crippen molar-refractivity contribution in [3.05, 3.63) is 0 Å². The molecule has 1 fully saturated rings. The first kappa shape index (κ1) is 11.4. The summed E-state index contributed by atoms with van der Waals surface area (Å²) in [6, 6.07) is -0.678. The Morgan fingerprint density at radius 2 is 2.21 bits per heavy atom. The zero-order valence-corrected chi connectivity index (χ0v) is 8.40. The van der Waals surface area contributed by atoms with E-state index in [0.29, 0.717) is 0 Å². The number of methoxy groups -OCH3 is 1. The Bertz CT molecular complexity index is 180. The van der Waals surface area contributed by atoms with Crippen LogP contribution in [-0.4, -0.2) is 45.0 Å². The van der Waals surface area contributed by atoms with Crippen LogP contribution in [0.15, 0.2) is 0 Å². The Balaban J connectivity index is 2.15. The average molecular weight is 203 g/mol. The fraction of sp³-hybridized carbons (Fsp3) is 0.889. The number of hydrogen-bond acceptors (Lipinski definition) is 5. The van der Waals surface area contributed by atoms with Crippen LogP contribution in [0.1, 0.15) is 12.8 Å². The topological polar surface area (TPSA) is 70.8 Å². The van der Waals surface area contributed by atoms with E-state index in [4.69, 9.17) is 15.2 Å². The van der Waals surface area contributed by atoms with E-state index < -0.39 is 12.0 Å². The molecule has 1 atom stereocenters. The van der Waals surface area contributed by atoms with Crippen molar-refractivity contribution in [2.45, 2.75) is 25.0 Å². The second-order valence-electron chi connectivity index (χ2n) is 3.27. The molecule has 5 nitrogen and oxygen atoms in total. The first-order valence-corrected chi connectivity index (χ1v) is 4.76. The van der Waals surface area contributed by atoms with Crippen molar-refractivity contribution >= 4 is 5.97 Å². The fourth-order valence-electron chi connectivity index (χ4n) is 1.30. The first-order valence-electron chi connectivity index (χ1n) is 4.76. The molecule has 1 rings (SSSR count). The summed E-state index contributed by atoms with van der Waals surface area (Å²) < 4.78 is 15.1. The van der Waals surface area contributed by atoms with Gasteiger partial charge in [0.1, 0.15) is 6.04 Å². The SMILES string of the molecule is COC(=O)C(N)COC1CCOCC1. The summed E-state index contributed by atoms with van der Waals surface area (Å²) in [6.07, 6.45) is 1.90. The molecule has 2 N–H and O–H groups in total. The van der Waals surface area contributed by atoms with Crippen molar-refractivity contribution < 1.29 is 19.0 Å². The number of carbonyl (C=O) groups excluding carboxylic acids is 1. The highest BCUT2D eigenvalue weighted by Gasteiger charge is 2.18. The summed E-state index contributed by atoms with van der Waals surface area (Å²) in [6.45, 7) is 1.66. The predicted molar refractivity (Wildman–Crippen MR) is 49.8 cm³/mol. The molecule has 0 aromatic carbocycles. The highest BCUT2D eigenvalue weighted by Crippen LogP contribution is 2.10. The minimum Gasteiger partial charge on any atom is -0.468 e. The van der Waals surface area contributed by atoms with E-state index in [1.54, 1.807) is 0 Å².